The molecule has 0 radical (unpaired) electrons. The summed E-state index contributed by atoms with van der Waals surface area (Å²) in [4.78, 5) is 14.2. The van der Waals surface area contributed by atoms with Crippen molar-refractivity contribution in [3.8, 4) is 0 Å². The quantitative estimate of drug-likeness (QED) is 0.834. The van der Waals surface area contributed by atoms with E-state index < -0.39 is 15.3 Å². The fourth-order valence-electron chi connectivity index (χ4n) is 3.00. The van der Waals surface area contributed by atoms with Crippen molar-refractivity contribution < 1.29 is 22.4 Å². The zero-order chi connectivity index (χ0) is 18.6. The molecule has 1 aromatic heterocycles. The van der Waals surface area contributed by atoms with Gasteiger partial charge in [0.2, 0.25) is 10.0 Å². The van der Waals surface area contributed by atoms with Gasteiger partial charge in [0.25, 0.3) is 5.91 Å². The minimum atomic E-state index is -3.58. The number of hydrogen-bond acceptors (Lipinski definition) is 5. The van der Waals surface area contributed by atoms with Crippen LogP contribution < -0.4 is 4.72 Å². The number of carbonyl (C=O) groups excluding carboxylic acids is 1. The van der Waals surface area contributed by atoms with E-state index in [1.165, 1.54) is 4.90 Å². The average molecular weight is 378 g/mol. The molecule has 1 aliphatic heterocycles. The molecule has 0 spiro atoms. The number of ether oxygens (including phenoxy) is 1. The number of amides is 1. The third-order valence-electron chi connectivity index (χ3n) is 4.30. The van der Waals surface area contributed by atoms with E-state index >= 15 is 0 Å². The Bertz CT molecular complexity index is 847. The van der Waals surface area contributed by atoms with Crippen LogP contribution in [0.2, 0.25) is 0 Å². The highest BCUT2D eigenvalue weighted by Gasteiger charge is 2.33. The van der Waals surface area contributed by atoms with E-state index in [1.807, 2.05) is 6.07 Å². The summed E-state index contributed by atoms with van der Waals surface area (Å²) in [5, 5.41) is -0.659. The van der Waals surface area contributed by atoms with Gasteiger partial charge in [-0.2, -0.15) is 0 Å². The Kier molecular flexibility index (Phi) is 5.63. The van der Waals surface area contributed by atoms with E-state index in [0.29, 0.717) is 30.8 Å². The third-order valence-corrected chi connectivity index (χ3v) is 6.08. The second-order valence-electron chi connectivity index (χ2n) is 6.23. The normalized spacial score (nSPS) is 17.9. The van der Waals surface area contributed by atoms with Gasteiger partial charge >= 0.3 is 0 Å². The summed E-state index contributed by atoms with van der Waals surface area (Å²) >= 11 is 0. The first-order valence-electron chi connectivity index (χ1n) is 8.43. The summed E-state index contributed by atoms with van der Waals surface area (Å²) in [6, 6.07) is 12.0. The van der Waals surface area contributed by atoms with E-state index in [1.54, 1.807) is 43.5 Å². The average Bonchev–Trinajstić information content (AvgIpc) is 3.11. The van der Waals surface area contributed by atoms with Gasteiger partial charge < -0.3 is 14.1 Å². The van der Waals surface area contributed by atoms with Gasteiger partial charge in [0, 0.05) is 25.9 Å². The first-order chi connectivity index (χ1) is 12.5. The van der Waals surface area contributed by atoms with Crippen molar-refractivity contribution in [3.63, 3.8) is 0 Å². The van der Waals surface area contributed by atoms with Gasteiger partial charge in [0.05, 0.1) is 5.25 Å². The van der Waals surface area contributed by atoms with Crippen molar-refractivity contribution in [2.45, 2.75) is 24.7 Å². The molecule has 1 fully saturated rings. The lowest BCUT2D eigenvalue weighted by Crippen LogP contribution is -2.46. The SMILES string of the molecule is COCc1ccc(C(=O)N2CCC[C@@H](S(=O)(=O)Nc3ccccc3)C2)o1. The number of piperidine rings is 1. The molecule has 1 amide bonds. The van der Waals surface area contributed by atoms with Gasteiger partial charge in [-0.25, -0.2) is 8.42 Å². The third kappa shape index (κ3) is 4.25. The molecule has 1 atom stereocenters. The number of benzene rings is 1. The van der Waals surface area contributed by atoms with Crippen LogP contribution in [0.15, 0.2) is 46.9 Å². The van der Waals surface area contributed by atoms with E-state index in [9.17, 15) is 13.2 Å². The Balaban J connectivity index is 1.69. The van der Waals surface area contributed by atoms with Crippen molar-refractivity contribution in [3.05, 3.63) is 54.0 Å². The maximum Gasteiger partial charge on any atom is 0.289 e. The summed E-state index contributed by atoms with van der Waals surface area (Å²) in [5.74, 6) is 0.459. The van der Waals surface area contributed by atoms with Crippen molar-refractivity contribution >= 4 is 21.6 Å². The van der Waals surface area contributed by atoms with Crippen LogP contribution in [0.1, 0.15) is 29.2 Å². The van der Waals surface area contributed by atoms with E-state index in [2.05, 4.69) is 4.72 Å². The van der Waals surface area contributed by atoms with Crippen molar-refractivity contribution in [2.24, 2.45) is 0 Å². The molecule has 8 heteroatoms. The highest BCUT2D eigenvalue weighted by molar-refractivity contribution is 7.93. The van der Waals surface area contributed by atoms with Crippen LogP contribution in [0, 0.1) is 0 Å². The molecule has 7 nitrogen and oxygen atoms in total. The number of rotatable bonds is 6. The molecular formula is C18H22N2O5S. The molecule has 1 saturated heterocycles. The summed E-state index contributed by atoms with van der Waals surface area (Å²) in [6.07, 6.45) is 1.14. The van der Waals surface area contributed by atoms with Gasteiger partial charge in [0.15, 0.2) is 5.76 Å². The molecule has 140 valence electrons. The van der Waals surface area contributed by atoms with Crippen LogP contribution in [-0.4, -0.2) is 44.7 Å². The highest BCUT2D eigenvalue weighted by atomic mass is 32.2. The van der Waals surface area contributed by atoms with Gasteiger partial charge in [-0.05, 0) is 37.1 Å². The van der Waals surface area contributed by atoms with Crippen LogP contribution in [0.3, 0.4) is 0 Å². The molecule has 0 aliphatic carbocycles. The predicted molar refractivity (Wildman–Crippen MR) is 97.3 cm³/mol. The molecule has 1 aliphatic rings. The lowest BCUT2D eigenvalue weighted by atomic mass is 10.1. The summed E-state index contributed by atoms with van der Waals surface area (Å²) < 4.78 is 38.4. The number of likely N-dealkylation sites (tertiary alicyclic amines) is 1. The van der Waals surface area contributed by atoms with Gasteiger partial charge in [-0.1, -0.05) is 18.2 Å². The highest BCUT2D eigenvalue weighted by Crippen LogP contribution is 2.22. The van der Waals surface area contributed by atoms with E-state index in [-0.39, 0.29) is 24.8 Å². The fourth-order valence-corrected chi connectivity index (χ4v) is 4.48. The van der Waals surface area contributed by atoms with Crippen LogP contribution in [0.5, 0.6) is 0 Å². The largest absolute Gasteiger partial charge is 0.453 e. The van der Waals surface area contributed by atoms with Crippen molar-refractivity contribution in [1.82, 2.24) is 4.90 Å². The maximum atomic E-state index is 12.7. The van der Waals surface area contributed by atoms with Crippen LogP contribution in [-0.2, 0) is 21.4 Å². The number of furan rings is 1. The smallest absolute Gasteiger partial charge is 0.289 e. The minimum Gasteiger partial charge on any atom is -0.453 e. The number of nitrogens with one attached hydrogen (secondary N) is 1. The van der Waals surface area contributed by atoms with Gasteiger partial charge in [0.1, 0.15) is 12.4 Å². The Morgan fingerprint density at radius 1 is 1.27 bits per heavy atom. The van der Waals surface area contributed by atoms with E-state index in [4.69, 9.17) is 9.15 Å². The van der Waals surface area contributed by atoms with Crippen molar-refractivity contribution in [2.75, 3.05) is 24.9 Å². The fraction of sp³-hybridized carbons (Fsp3) is 0.389. The lowest BCUT2D eigenvalue weighted by Gasteiger charge is -2.32. The second kappa shape index (κ2) is 7.92. The Hall–Kier alpha value is -2.32. The zero-order valence-electron chi connectivity index (χ0n) is 14.6. The Morgan fingerprint density at radius 3 is 2.77 bits per heavy atom. The van der Waals surface area contributed by atoms with Crippen LogP contribution in [0.25, 0.3) is 0 Å². The molecule has 2 aromatic rings. The zero-order valence-corrected chi connectivity index (χ0v) is 15.4. The first kappa shape index (κ1) is 18.5. The number of methoxy groups -OCH3 is 1. The number of hydrogen-bond donors (Lipinski definition) is 1. The monoisotopic (exact) mass is 378 g/mol. The number of nitrogens with zero attached hydrogens (tertiary/aromatic N) is 1. The summed E-state index contributed by atoms with van der Waals surface area (Å²) in [5.41, 5.74) is 0.520. The number of carbonyl (C=O) groups is 1. The lowest BCUT2D eigenvalue weighted by molar-refractivity contribution is 0.0687. The molecule has 0 bridgehead atoms. The first-order valence-corrected chi connectivity index (χ1v) is 9.98. The Labute approximate surface area is 153 Å². The molecule has 0 saturated carbocycles. The summed E-state index contributed by atoms with van der Waals surface area (Å²) in [7, 11) is -2.04. The predicted octanol–water partition coefficient (Wildman–Crippen LogP) is 2.47. The van der Waals surface area contributed by atoms with Gasteiger partial charge in [-0.3, -0.25) is 9.52 Å². The second-order valence-corrected chi connectivity index (χ2v) is 8.19. The number of para-hydroxylation sites is 1. The molecule has 1 N–H and O–H groups in total. The molecule has 1 aromatic carbocycles. The Morgan fingerprint density at radius 2 is 2.04 bits per heavy atom. The van der Waals surface area contributed by atoms with Crippen LogP contribution in [0.4, 0.5) is 5.69 Å². The number of anilines is 1. The number of sulfonamides is 1. The minimum absolute atomic E-state index is 0.140. The molecule has 26 heavy (non-hydrogen) atoms. The molecule has 0 unspecified atom stereocenters. The molecule has 3 rings (SSSR count). The van der Waals surface area contributed by atoms with Crippen LogP contribution >= 0.6 is 0 Å². The molecular weight excluding hydrogens is 356 g/mol. The van der Waals surface area contributed by atoms with Gasteiger partial charge in [-0.15, -0.1) is 0 Å². The van der Waals surface area contributed by atoms with Crippen molar-refractivity contribution in [1.29, 1.82) is 0 Å². The standard InChI is InChI=1S/C18H22N2O5S/c1-24-13-15-9-10-17(25-15)18(21)20-11-5-8-16(12-20)26(22,23)19-14-6-3-2-4-7-14/h2-4,6-7,9-10,16,19H,5,8,11-13H2,1H3/t16-/m1/s1. The molecule has 2 heterocycles. The maximum absolute atomic E-state index is 12.7. The summed E-state index contributed by atoms with van der Waals surface area (Å²) in [6.45, 7) is 0.934. The topological polar surface area (TPSA) is 88.8 Å². The van der Waals surface area contributed by atoms with E-state index in [0.717, 1.165) is 0 Å².